The number of nitrogens with zero attached hydrogens (tertiary/aromatic N) is 2. The normalized spacial score (nSPS) is 15.5. The van der Waals surface area contributed by atoms with Crippen LogP contribution in [-0.4, -0.2) is 54.9 Å². The number of ether oxygens (including phenoxy) is 1. The molecule has 0 unspecified atom stereocenters. The third kappa shape index (κ3) is 5.98. The van der Waals surface area contributed by atoms with E-state index in [2.05, 4.69) is 26.8 Å². The molecule has 1 fully saturated rings. The van der Waals surface area contributed by atoms with Crippen molar-refractivity contribution < 1.29 is 14.3 Å². The predicted molar refractivity (Wildman–Crippen MR) is 108 cm³/mol. The molecule has 0 atom stereocenters. The van der Waals surface area contributed by atoms with Gasteiger partial charge in [-0.1, -0.05) is 26.8 Å². The molecule has 0 aromatic heterocycles. The predicted octanol–water partition coefficient (Wildman–Crippen LogP) is 3.35. The maximum atomic E-state index is 12.9. The first-order valence-corrected chi connectivity index (χ1v) is 9.80. The van der Waals surface area contributed by atoms with Gasteiger partial charge in [0.25, 0.3) is 0 Å². The van der Waals surface area contributed by atoms with Gasteiger partial charge in [-0.3, -0.25) is 9.59 Å². The van der Waals surface area contributed by atoms with Crippen LogP contribution in [0.5, 0.6) is 5.75 Å². The Morgan fingerprint density at radius 1 is 1.00 bits per heavy atom. The molecule has 1 aromatic carbocycles. The SMILES string of the molecule is COc1cc(C)cc(C)c1CC(=O)N1CCCN(C(=O)CC(C)(C)C)CC1. The van der Waals surface area contributed by atoms with Crippen molar-refractivity contribution in [3.63, 3.8) is 0 Å². The van der Waals surface area contributed by atoms with Crippen LogP contribution in [0.3, 0.4) is 0 Å². The molecule has 150 valence electrons. The Morgan fingerprint density at radius 2 is 1.59 bits per heavy atom. The summed E-state index contributed by atoms with van der Waals surface area (Å²) < 4.78 is 5.49. The number of aryl methyl sites for hydroxylation is 2. The maximum Gasteiger partial charge on any atom is 0.227 e. The van der Waals surface area contributed by atoms with Crippen LogP contribution in [0.15, 0.2) is 12.1 Å². The van der Waals surface area contributed by atoms with Crippen LogP contribution in [0.25, 0.3) is 0 Å². The lowest BCUT2D eigenvalue weighted by atomic mass is 9.91. The average Bonchev–Trinajstić information content (AvgIpc) is 2.81. The molecule has 0 bridgehead atoms. The third-order valence-electron chi connectivity index (χ3n) is 5.01. The Morgan fingerprint density at radius 3 is 2.15 bits per heavy atom. The van der Waals surface area contributed by atoms with E-state index in [1.165, 1.54) is 0 Å². The minimum absolute atomic E-state index is 0.0155. The Bertz CT molecular complexity index is 692. The highest BCUT2D eigenvalue weighted by Crippen LogP contribution is 2.25. The molecule has 1 saturated heterocycles. The number of carbonyl (C=O) groups excluding carboxylic acids is 2. The van der Waals surface area contributed by atoms with Crippen LogP contribution in [0.2, 0.25) is 0 Å². The second-order valence-electron chi connectivity index (χ2n) is 8.79. The van der Waals surface area contributed by atoms with E-state index in [0.717, 1.165) is 35.4 Å². The quantitative estimate of drug-likeness (QED) is 0.812. The van der Waals surface area contributed by atoms with Crippen molar-refractivity contribution in [2.45, 2.75) is 53.9 Å². The minimum Gasteiger partial charge on any atom is -0.496 e. The van der Waals surface area contributed by atoms with Gasteiger partial charge >= 0.3 is 0 Å². The molecule has 0 aliphatic carbocycles. The van der Waals surface area contributed by atoms with Crippen molar-refractivity contribution in [1.29, 1.82) is 0 Å². The third-order valence-corrected chi connectivity index (χ3v) is 5.01. The van der Waals surface area contributed by atoms with E-state index in [1.54, 1.807) is 7.11 Å². The summed E-state index contributed by atoms with van der Waals surface area (Å²) in [7, 11) is 1.65. The summed E-state index contributed by atoms with van der Waals surface area (Å²) in [5.41, 5.74) is 3.15. The van der Waals surface area contributed by atoms with E-state index in [-0.39, 0.29) is 17.2 Å². The zero-order chi connectivity index (χ0) is 20.2. The fraction of sp³-hybridized carbons (Fsp3) is 0.636. The molecule has 0 radical (unpaired) electrons. The molecular formula is C22H34N2O3. The van der Waals surface area contributed by atoms with Gasteiger partial charge in [0.15, 0.2) is 0 Å². The first kappa shape index (κ1) is 21.3. The molecule has 2 amide bonds. The molecule has 0 saturated carbocycles. The zero-order valence-corrected chi connectivity index (χ0v) is 17.7. The minimum atomic E-state index is -0.0155. The standard InChI is InChI=1S/C22H34N2O3/c1-16-12-17(2)18(19(13-16)27-6)14-20(25)23-8-7-9-24(11-10-23)21(26)15-22(3,4)5/h12-13H,7-11,14-15H2,1-6H3. The monoisotopic (exact) mass is 374 g/mol. The molecule has 0 N–H and O–H groups in total. The number of methoxy groups -OCH3 is 1. The first-order chi connectivity index (χ1) is 12.6. The number of rotatable bonds is 4. The average molecular weight is 375 g/mol. The number of benzene rings is 1. The number of hydrogen-bond donors (Lipinski definition) is 0. The molecule has 0 spiro atoms. The number of carbonyl (C=O) groups is 2. The van der Waals surface area contributed by atoms with Crippen molar-refractivity contribution in [3.8, 4) is 5.75 Å². The smallest absolute Gasteiger partial charge is 0.227 e. The molecule has 1 aromatic rings. The lowest BCUT2D eigenvalue weighted by Gasteiger charge is -2.26. The van der Waals surface area contributed by atoms with E-state index < -0.39 is 0 Å². The van der Waals surface area contributed by atoms with Gasteiger partial charge < -0.3 is 14.5 Å². The summed E-state index contributed by atoms with van der Waals surface area (Å²) in [5, 5.41) is 0. The molecule has 1 aliphatic rings. The summed E-state index contributed by atoms with van der Waals surface area (Å²) in [6.07, 6.45) is 1.71. The highest BCUT2D eigenvalue weighted by atomic mass is 16.5. The van der Waals surface area contributed by atoms with Crippen LogP contribution < -0.4 is 4.74 Å². The summed E-state index contributed by atoms with van der Waals surface area (Å²) in [4.78, 5) is 29.2. The summed E-state index contributed by atoms with van der Waals surface area (Å²) >= 11 is 0. The second-order valence-corrected chi connectivity index (χ2v) is 8.79. The molecule has 5 nitrogen and oxygen atoms in total. The lowest BCUT2D eigenvalue weighted by molar-refractivity contribution is -0.134. The summed E-state index contributed by atoms with van der Waals surface area (Å²) in [6, 6.07) is 4.06. The number of amides is 2. The van der Waals surface area contributed by atoms with Gasteiger partial charge in [-0.25, -0.2) is 0 Å². The molecule has 1 aliphatic heterocycles. The Balaban J connectivity index is 2.02. The lowest BCUT2D eigenvalue weighted by Crippen LogP contribution is -2.39. The van der Waals surface area contributed by atoms with Crippen molar-refractivity contribution in [1.82, 2.24) is 9.80 Å². The molecule has 2 rings (SSSR count). The van der Waals surface area contributed by atoms with Gasteiger partial charge in [0.1, 0.15) is 5.75 Å². The topological polar surface area (TPSA) is 49.9 Å². The zero-order valence-electron chi connectivity index (χ0n) is 17.7. The summed E-state index contributed by atoms with van der Waals surface area (Å²) in [6.45, 7) is 12.9. The highest BCUT2D eigenvalue weighted by Gasteiger charge is 2.25. The Hall–Kier alpha value is -2.04. The maximum absolute atomic E-state index is 12.9. The highest BCUT2D eigenvalue weighted by molar-refractivity contribution is 5.80. The molecule has 5 heteroatoms. The van der Waals surface area contributed by atoms with Crippen molar-refractivity contribution in [2.75, 3.05) is 33.3 Å². The van der Waals surface area contributed by atoms with E-state index in [9.17, 15) is 9.59 Å². The van der Waals surface area contributed by atoms with Crippen molar-refractivity contribution in [2.24, 2.45) is 5.41 Å². The fourth-order valence-corrected chi connectivity index (χ4v) is 3.61. The van der Waals surface area contributed by atoms with Gasteiger partial charge in [-0.05, 0) is 42.9 Å². The summed E-state index contributed by atoms with van der Waals surface area (Å²) in [5.74, 6) is 1.07. The van der Waals surface area contributed by atoms with E-state index in [1.807, 2.05) is 29.7 Å². The van der Waals surface area contributed by atoms with E-state index in [0.29, 0.717) is 32.5 Å². The van der Waals surface area contributed by atoms with Crippen molar-refractivity contribution >= 4 is 11.8 Å². The Kier molecular flexibility index (Phi) is 6.90. The van der Waals surface area contributed by atoms with Gasteiger partial charge in [-0.15, -0.1) is 0 Å². The van der Waals surface area contributed by atoms with Crippen molar-refractivity contribution in [3.05, 3.63) is 28.8 Å². The van der Waals surface area contributed by atoms with E-state index in [4.69, 9.17) is 4.74 Å². The second kappa shape index (κ2) is 8.77. The Labute approximate surface area is 163 Å². The van der Waals surface area contributed by atoms with Crippen LogP contribution in [-0.2, 0) is 16.0 Å². The van der Waals surface area contributed by atoms with Crippen LogP contribution in [0.1, 0.15) is 50.3 Å². The molecular weight excluding hydrogens is 340 g/mol. The van der Waals surface area contributed by atoms with Gasteiger partial charge in [0, 0.05) is 38.2 Å². The van der Waals surface area contributed by atoms with Gasteiger partial charge in [0.2, 0.25) is 11.8 Å². The largest absolute Gasteiger partial charge is 0.496 e. The fourth-order valence-electron chi connectivity index (χ4n) is 3.61. The van der Waals surface area contributed by atoms with Crippen LogP contribution in [0, 0.1) is 19.3 Å². The molecule has 1 heterocycles. The van der Waals surface area contributed by atoms with Crippen LogP contribution in [0.4, 0.5) is 0 Å². The number of hydrogen-bond acceptors (Lipinski definition) is 3. The van der Waals surface area contributed by atoms with Gasteiger partial charge in [0.05, 0.1) is 13.5 Å². The molecule has 27 heavy (non-hydrogen) atoms. The first-order valence-electron chi connectivity index (χ1n) is 9.80. The van der Waals surface area contributed by atoms with Crippen LogP contribution >= 0.6 is 0 Å². The van der Waals surface area contributed by atoms with Gasteiger partial charge in [-0.2, -0.15) is 0 Å². The van der Waals surface area contributed by atoms with E-state index >= 15 is 0 Å².